The van der Waals surface area contributed by atoms with Crippen molar-refractivity contribution in [2.75, 3.05) is 13.1 Å². The average Bonchev–Trinajstić information content (AvgIpc) is 2.49. The molecule has 1 aliphatic rings. The Morgan fingerprint density at radius 2 is 1.74 bits per heavy atom. The second-order valence-electron chi connectivity index (χ2n) is 6.43. The number of benzene rings is 1. The lowest BCUT2D eigenvalue weighted by Crippen LogP contribution is -2.44. The molecular weight excluding hydrogens is 290 g/mol. The highest BCUT2D eigenvalue weighted by molar-refractivity contribution is 5.78. The maximum atomic E-state index is 12.1. The fourth-order valence-electron chi connectivity index (χ4n) is 2.67. The number of carbonyl (C=O) groups is 2. The molecule has 0 aliphatic heterocycles. The van der Waals surface area contributed by atoms with Crippen LogP contribution in [-0.2, 0) is 4.79 Å². The van der Waals surface area contributed by atoms with Crippen molar-refractivity contribution in [1.29, 1.82) is 0 Å². The fourth-order valence-corrected chi connectivity index (χ4v) is 2.67. The number of hydrogen-bond acceptors (Lipinski definition) is 2. The molecule has 126 valence electrons. The Morgan fingerprint density at radius 3 is 2.30 bits per heavy atom. The predicted octanol–water partition coefficient (Wildman–Crippen LogP) is 2.60. The summed E-state index contributed by atoms with van der Waals surface area (Å²) in [6, 6.07) is 10.0. The van der Waals surface area contributed by atoms with E-state index in [1.807, 2.05) is 32.0 Å². The maximum absolute atomic E-state index is 12.1. The summed E-state index contributed by atoms with van der Waals surface area (Å²) in [5, 5.41) is 8.68. The zero-order chi connectivity index (χ0) is 16.7. The summed E-state index contributed by atoms with van der Waals surface area (Å²) in [5.74, 6) is 0.484. The Hall–Kier alpha value is -2.04. The molecule has 23 heavy (non-hydrogen) atoms. The third kappa shape index (κ3) is 5.27. The highest BCUT2D eigenvalue weighted by Gasteiger charge is 2.29. The summed E-state index contributed by atoms with van der Waals surface area (Å²) in [5.41, 5.74) is 1.15. The molecule has 3 amide bonds. The van der Waals surface area contributed by atoms with E-state index in [0.717, 1.165) is 18.4 Å². The molecule has 1 aromatic carbocycles. The summed E-state index contributed by atoms with van der Waals surface area (Å²) in [6.45, 7) is 4.57. The summed E-state index contributed by atoms with van der Waals surface area (Å²) >= 11 is 0. The highest BCUT2D eigenvalue weighted by atomic mass is 16.2. The first kappa shape index (κ1) is 17.3. The zero-order valence-electron chi connectivity index (χ0n) is 14.0. The maximum Gasteiger partial charge on any atom is 0.315 e. The van der Waals surface area contributed by atoms with Gasteiger partial charge in [0.05, 0.1) is 6.04 Å². The number of rotatable bonds is 7. The number of carbonyl (C=O) groups excluding carboxylic acids is 2. The Bertz CT molecular complexity index is 512. The first-order valence-electron chi connectivity index (χ1n) is 8.45. The van der Waals surface area contributed by atoms with E-state index < -0.39 is 0 Å². The molecule has 0 heterocycles. The summed E-state index contributed by atoms with van der Waals surface area (Å²) in [4.78, 5) is 23.6. The van der Waals surface area contributed by atoms with Gasteiger partial charge in [0.25, 0.3) is 0 Å². The van der Waals surface area contributed by atoms with Crippen LogP contribution in [0, 0.1) is 11.8 Å². The van der Waals surface area contributed by atoms with Gasteiger partial charge in [0.15, 0.2) is 0 Å². The van der Waals surface area contributed by atoms with Gasteiger partial charge in [-0.3, -0.25) is 4.79 Å². The van der Waals surface area contributed by atoms with Crippen LogP contribution in [0.1, 0.15) is 44.7 Å². The summed E-state index contributed by atoms with van der Waals surface area (Å²) in [6.07, 6.45) is 3.55. The third-order valence-electron chi connectivity index (χ3n) is 4.30. The molecule has 2 rings (SSSR count). The van der Waals surface area contributed by atoms with Crippen LogP contribution in [0.3, 0.4) is 0 Å². The van der Waals surface area contributed by atoms with Crippen LogP contribution in [0.4, 0.5) is 4.79 Å². The Kier molecular flexibility index (Phi) is 6.44. The van der Waals surface area contributed by atoms with Gasteiger partial charge >= 0.3 is 6.03 Å². The quantitative estimate of drug-likeness (QED) is 0.677. The molecule has 0 radical (unpaired) electrons. The lowest BCUT2D eigenvalue weighted by Gasteiger charge is -2.34. The van der Waals surface area contributed by atoms with Gasteiger partial charge in [-0.05, 0) is 24.3 Å². The molecule has 1 atom stereocenters. The molecular formula is C18H27N3O2. The number of urea groups is 1. The van der Waals surface area contributed by atoms with Crippen molar-refractivity contribution in [3.63, 3.8) is 0 Å². The lowest BCUT2D eigenvalue weighted by atomic mass is 9.77. The first-order chi connectivity index (χ1) is 11.1. The summed E-state index contributed by atoms with van der Waals surface area (Å²) in [7, 11) is 0. The first-order valence-corrected chi connectivity index (χ1v) is 8.45. The van der Waals surface area contributed by atoms with E-state index in [0.29, 0.717) is 19.0 Å². The van der Waals surface area contributed by atoms with Crippen molar-refractivity contribution < 1.29 is 9.59 Å². The Labute approximate surface area is 138 Å². The minimum Gasteiger partial charge on any atom is -0.354 e. The van der Waals surface area contributed by atoms with Gasteiger partial charge in [-0.25, -0.2) is 4.79 Å². The van der Waals surface area contributed by atoms with Crippen molar-refractivity contribution >= 4 is 11.9 Å². The van der Waals surface area contributed by atoms with Gasteiger partial charge in [-0.15, -0.1) is 0 Å². The molecule has 0 bridgehead atoms. The Balaban J connectivity index is 1.78. The van der Waals surface area contributed by atoms with Gasteiger partial charge in [-0.1, -0.05) is 50.6 Å². The fraction of sp³-hybridized carbons (Fsp3) is 0.556. The third-order valence-corrected chi connectivity index (χ3v) is 4.30. The molecule has 0 spiro atoms. The van der Waals surface area contributed by atoms with Gasteiger partial charge < -0.3 is 16.0 Å². The molecule has 5 nitrogen and oxygen atoms in total. The molecule has 1 aromatic rings. The van der Waals surface area contributed by atoms with Crippen LogP contribution in [0.25, 0.3) is 0 Å². The van der Waals surface area contributed by atoms with E-state index in [1.165, 1.54) is 6.42 Å². The van der Waals surface area contributed by atoms with Gasteiger partial charge in [-0.2, -0.15) is 0 Å². The van der Waals surface area contributed by atoms with Gasteiger partial charge in [0, 0.05) is 19.0 Å². The lowest BCUT2D eigenvalue weighted by molar-refractivity contribution is -0.123. The van der Waals surface area contributed by atoms with E-state index in [1.54, 1.807) is 0 Å². The molecule has 5 heteroatoms. The number of hydrogen-bond donors (Lipinski definition) is 3. The minimum absolute atomic E-state index is 0.00355. The van der Waals surface area contributed by atoms with Gasteiger partial charge in [0.2, 0.25) is 5.91 Å². The molecule has 1 aliphatic carbocycles. The molecule has 3 N–H and O–H groups in total. The van der Waals surface area contributed by atoms with Crippen LogP contribution in [0.2, 0.25) is 0 Å². The monoisotopic (exact) mass is 317 g/mol. The molecule has 1 fully saturated rings. The number of amides is 3. The normalized spacial score (nSPS) is 15.6. The van der Waals surface area contributed by atoms with E-state index >= 15 is 0 Å². The molecule has 0 saturated heterocycles. The van der Waals surface area contributed by atoms with Crippen LogP contribution in [0.5, 0.6) is 0 Å². The molecule has 1 unspecified atom stereocenters. The van der Waals surface area contributed by atoms with Crippen molar-refractivity contribution in [1.82, 2.24) is 16.0 Å². The molecule has 0 aromatic heterocycles. The zero-order valence-corrected chi connectivity index (χ0v) is 14.0. The SMILES string of the molecule is CC(C)C(=O)NCCNC(=O)NC(c1ccccc1)C1CCC1. The van der Waals surface area contributed by atoms with Crippen molar-refractivity contribution in [3.8, 4) is 0 Å². The predicted molar refractivity (Wildman–Crippen MR) is 90.9 cm³/mol. The Morgan fingerprint density at radius 1 is 1.09 bits per heavy atom. The average molecular weight is 317 g/mol. The molecule has 1 saturated carbocycles. The van der Waals surface area contributed by atoms with Crippen LogP contribution >= 0.6 is 0 Å². The van der Waals surface area contributed by atoms with Crippen molar-refractivity contribution in [2.45, 2.75) is 39.2 Å². The second-order valence-corrected chi connectivity index (χ2v) is 6.43. The van der Waals surface area contributed by atoms with Crippen LogP contribution in [0.15, 0.2) is 30.3 Å². The second kappa shape index (κ2) is 8.56. The summed E-state index contributed by atoms with van der Waals surface area (Å²) < 4.78 is 0. The van der Waals surface area contributed by atoms with Crippen molar-refractivity contribution in [3.05, 3.63) is 35.9 Å². The van der Waals surface area contributed by atoms with E-state index in [-0.39, 0.29) is 23.9 Å². The largest absolute Gasteiger partial charge is 0.354 e. The van der Waals surface area contributed by atoms with Crippen LogP contribution < -0.4 is 16.0 Å². The minimum atomic E-state index is -0.176. The van der Waals surface area contributed by atoms with E-state index in [9.17, 15) is 9.59 Å². The highest BCUT2D eigenvalue weighted by Crippen LogP contribution is 2.37. The number of nitrogens with one attached hydrogen (secondary N) is 3. The van der Waals surface area contributed by atoms with Crippen molar-refractivity contribution in [2.24, 2.45) is 11.8 Å². The smallest absolute Gasteiger partial charge is 0.315 e. The standard InChI is InChI=1S/C18H27N3O2/c1-13(2)17(22)19-11-12-20-18(23)21-16(15-9-6-10-15)14-7-4-3-5-8-14/h3-5,7-8,13,15-16H,6,9-12H2,1-2H3,(H,19,22)(H2,20,21,23). The topological polar surface area (TPSA) is 70.2 Å². The van der Waals surface area contributed by atoms with Crippen LogP contribution in [-0.4, -0.2) is 25.0 Å². The van der Waals surface area contributed by atoms with Gasteiger partial charge in [0.1, 0.15) is 0 Å². The van der Waals surface area contributed by atoms with E-state index in [2.05, 4.69) is 28.1 Å². The van der Waals surface area contributed by atoms with E-state index in [4.69, 9.17) is 0 Å².